The summed E-state index contributed by atoms with van der Waals surface area (Å²) in [4.78, 5) is 13.6. The molecular weight excluding hydrogens is 483 g/mol. The maximum absolute atomic E-state index is 13.7. The van der Waals surface area contributed by atoms with E-state index in [1.807, 2.05) is 30.3 Å². The molecule has 158 valence electrons. The first-order valence-corrected chi connectivity index (χ1v) is 11.4. The van der Waals surface area contributed by atoms with Gasteiger partial charge in [0.1, 0.15) is 27.9 Å². The van der Waals surface area contributed by atoms with Crippen LogP contribution in [-0.4, -0.2) is 24.8 Å². The van der Waals surface area contributed by atoms with Gasteiger partial charge in [-0.2, -0.15) is 0 Å². The number of carbonyl (C=O) groups is 1. The summed E-state index contributed by atoms with van der Waals surface area (Å²) in [5, 5.41) is 1.52. The highest BCUT2D eigenvalue weighted by Crippen LogP contribution is 2.43. The van der Waals surface area contributed by atoms with E-state index in [2.05, 4.69) is 15.9 Å². The predicted molar refractivity (Wildman–Crippen MR) is 124 cm³/mol. The molecule has 0 unspecified atom stereocenters. The largest absolute Gasteiger partial charge is 0.497 e. The lowest BCUT2D eigenvalue weighted by Crippen LogP contribution is -2.01. The maximum Gasteiger partial charge on any atom is 0.206 e. The number of hydrogen-bond donors (Lipinski definition) is 0. The zero-order valence-corrected chi connectivity index (χ0v) is 19.0. The van der Waals surface area contributed by atoms with Gasteiger partial charge in [0.05, 0.1) is 13.7 Å². The van der Waals surface area contributed by atoms with Gasteiger partial charge in [-0.05, 0) is 54.6 Å². The predicted octanol–water partition coefficient (Wildman–Crippen LogP) is 6.85. The van der Waals surface area contributed by atoms with Gasteiger partial charge in [0.2, 0.25) is 5.78 Å². The van der Waals surface area contributed by atoms with Crippen molar-refractivity contribution in [1.82, 2.24) is 0 Å². The van der Waals surface area contributed by atoms with Crippen molar-refractivity contribution in [2.75, 3.05) is 19.0 Å². The number of thiophene rings is 1. The van der Waals surface area contributed by atoms with Crippen molar-refractivity contribution >= 4 is 43.1 Å². The van der Waals surface area contributed by atoms with Crippen LogP contribution in [0.2, 0.25) is 0 Å². The summed E-state index contributed by atoms with van der Waals surface area (Å²) in [5.74, 6) is 1.64. The molecule has 4 nitrogen and oxygen atoms in total. The molecule has 4 rings (SSSR count). The van der Waals surface area contributed by atoms with Gasteiger partial charge in [0.15, 0.2) is 5.75 Å². The molecule has 0 saturated heterocycles. The highest BCUT2D eigenvalue weighted by molar-refractivity contribution is 9.09. The molecule has 0 spiro atoms. The van der Waals surface area contributed by atoms with Gasteiger partial charge in [-0.25, -0.2) is 4.39 Å². The Kier molecular flexibility index (Phi) is 6.53. The topological polar surface area (TPSA) is 44.8 Å². The molecule has 0 aliphatic heterocycles. The molecule has 0 fully saturated rings. The van der Waals surface area contributed by atoms with E-state index >= 15 is 0 Å². The molecule has 0 atom stereocenters. The van der Waals surface area contributed by atoms with Crippen molar-refractivity contribution in [3.63, 3.8) is 0 Å². The summed E-state index contributed by atoms with van der Waals surface area (Å²) < 4.78 is 31.6. The van der Waals surface area contributed by atoms with Gasteiger partial charge in [0, 0.05) is 21.0 Å². The standard InChI is InChI=1S/C24H18BrFO4S/c1-28-19-9-10-20-21(14-19)31-24(22(27)15-3-2-4-16(26)13-15)23(20)30-18-7-5-17(6-8-18)29-12-11-25/h2-10,13-14H,11-12H2,1H3. The average molecular weight is 501 g/mol. The lowest BCUT2D eigenvalue weighted by Gasteiger charge is -2.09. The lowest BCUT2D eigenvalue weighted by atomic mass is 10.1. The van der Waals surface area contributed by atoms with Crippen LogP contribution in [0.15, 0.2) is 66.7 Å². The molecule has 0 saturated carbocycles. The van der Waals surface area contributed by atoms with Crippen LogP contribution in [0.25, 0.3) is 10.1 Å². The van der Waals surface area contributed by atoms with E-state index in [4.69, 9.17) is 14.2 Å². The van der Waals surface area contributed by atoms with Crippen molar-refractivity contribution in [2.24, 2.45) is 0 Å². The second-order valence-corrected chi connectivity index (χ2v) is 8.42. The van der Waals surface area contributed by atoms with Crippen LogP contribution in [0.5, 0.6) is 23.0 Å². The normalized spacial score (nSPS) is 10.8. The molecule has 0 bridgehead atoms. The second kappa shape index (κ2) is 9.49. The summed E-state index contributed by atoms with van der Waals surface area (Å²) in [6.45, 7) is 0.559. The second-order valence-electron chi connectivity index (χ2n) is 6.57. The number of hydrogen-bond acceptors (Lipinski definition) is 5. The van der Waals surface area contributed by atoms with Crippen LogP contribution in [0.3, 0.4) is 0 Å². The number of rotatable bonds is 8. The molecule has 0 aliphatic carbocycles. The fourth-order valence-electron chi connectivity index (χ4n) is 3.07. The van der Waals surface area contributed by atoms with E-state index in [9.17, 15) is 9.18 Å². The number of alkyl halides is 1. The van der Waals surface area contributed by atoms with E-state index in [0.717, 1.165) is 21.2 Å². The third-order valence-corrected chi connectivity index (χ3v) is 5.99. The first kappa shape index (κ1) is 21.3. The SMILES string of the molecule is COc1ccc2c(Oc3ccc(OCCBr)cc3)c(C(=O)c3cccc(F)c3)sc2c1. The van der Waals surface area contributed by atoms with Gasteiger partial charge in [0.25, 0.3) is 0 Å². The van der Waals surface area contributed by atoms with Crippen LogP contribution in [0.1, 0.15) is 15.2 Å². The zero-order valence-electron chi connectivity index (χ0n) is 16.6. The van der Waals surface area contributed by atoms with E-state index in [1.54, 1.807) is 25.3 Å². The van der Waals surface area contributed by atoms with Gasteiger partial charge in [-0.15, -0.1) is 11.3 Å². The Bertz CT molecular complexity index is 1220. The van der Waals surface area contributed by atoms with Crippen LogP contribution in [0.4, 0.5) is 4.39 Å². The number of benzene rings is 3. The Morgan fingerprint density at radius 1 is 1.00 bits per heavy atom. The third-order valence-electron chi connectivity index (χ3n) is 4.53. The van der Waals surface area contributed by atoms with E-state index < -0.39 is 5.82 Å². The van der Waals surface area contributed by atoms with Crippen LogP contribution in [-0.2, 0) is 0 Å². The lowest BCUT2D eigenvalue weighted by molar-refractivity contribution is 0.104. The summed E-state index contributed by atoms with van der Waals surface area (Å²) >= 11 is 4.62. The van der Waals surface area contributed by atoms with Gasteiger partial charge in [-0.1, -0.05) is 28.1 Å². The molecule has 31 heavy (non-hydrogen) atoms. The Balaban J connectivity index is 1.75. The summed E-state index contributed by atoms with van der Waals surface area (Å²) in [5.41, 5.74) is 0.266. The first-order valence-electron chi connectivity index (χ1n) is 9.46. The molecule has 0 amide bonds. The summed E-state index contributed by atoms with van der Waals surface area (Å²) in [6, 6.07) is 18.4. The van der Waals surface area contributed by atoms with Gasteiger partial charge < -0.3 is 14.2 Å². The minimum Gasteiger partial charge on any atom is -0.497 e. The molecule has 0 radical (unpaired) electrons. The molecule has 0 aliphatic rings. The number of ketones is 1. The first-order chi connectivity index (χ1) is 15.1. The smallest absolute Gasteiger partial charge is 0.206 e. The quantitative estimate of drug-likeness (QED) is 0.196. The number of fused-ring (bicyclic) bond motifs is 1. The molecular formula is C24H18BrFO4S. The minimum atomic E-state index is -0.463. The molecule has 3 aromatic carbocycles. The molecule has 4 aromatic rings. The monoisotopic (exact) mass is 500 g/mol. The minimum absolute atomic E-state index is 0.266. The average Bonchev–Trinajstić information content (AvgIpc) is 3.15. The van der Waals surface area contributed by atoms with Crippen LogP contribution in [0, 0.1) is 5.82 Å². The van der Waals surface area contributed by atoms with Crippen molar-refractivity contribution in [1.29, 1.82) is 0 Å². The van der Waals surface area contributed by atoms with E-state index in [-0.39, 0.29) is 11.3 Å². The summed E-state index contributed by atoms with van der Waals surface area (Å²) in [7, 11) is 1.59. The molecule has 7 heteroatoms. The van der Waals surface area contributed by atoms with Crippen molar-refractivity contribution in [3.8, 4) is 23.0 Å². The van der Waals surface area contributed by atoms with Gasteiger partial charge >= 0.3 is 0 Å². The highest BCUT2D eigenvalue weighted by Gasteiger charge is 2.22. The molecule has 0 N–H and O–H groups in total. The Labute approximate surface area is 191 Å². The van der Waals surface area contributed by atoms with Crippen molar-refractivity contribution < 1.29 is 23.4 Å². The van der Waals surface area contributed by atoms with Crippen molar-refractivity contribution in [2.45, 2.75) is 0 Å². The van der Waals surface area contributed by atoms with Gasteiger partial charge in [-0.3, -0.25) is 4.79 Å². The van der Waals surface area contributed by atoms with E-state index in [1.165, 1.54) is 29.5 Å². The van der Waals surface area contributed by atoms with E-state index in [0.29, 0.717) is 28.7 Å². The van der Waals surface area contributed by atoms with Crippen LogP contribution < -0.4 is 14.2 Å². The third kappa shape index (κ3) is 4.73. The number of ether oxygens (including phenoxy) is 3. The highest BCUT2D eigenvalue weighted by atomic mass is 79.9. The maximum atomic E-state index is 13.7. The Hall–Kier alpha value is -2.90. The number of methoxy groups -OCH3 is 1. The number of carbonyl (C=O) groups excluding carboxylic acids is 1. The van der Waals surface area contributed by atoms with Crippen LogP contribution >= 0.6 is 27.3 Å². The summed E-state index contributed by atoms with van der Waals surface area (Å²) in [6.07, 6.45) is 0. The zero-order chi connectivity index (χ0) is 21.8. The fourth-order valence-corrected chi connectivity index (χ4v) is 4.35. The van der Waals surface area contributed by atoms with Crippen molar-refractivity contribution in [3.05, 3.63) is 83.0 Å². The Morgan fingerprint density at radius 2 is 1.74 bits per heavy atom. The number of halogens is 2. The molecule has 1 aromatic heterocycles. The fraction of sp³-hybridized carbons (Fsp3) is 0.125. The molecule has 1 heterocycles. The Morgan fingerprint density at radius 3 is 2.45 bits per heavy atom.